The van der Waals surface area contributed by atoms with Crippen molar-refractivity contribution in [3.63, 3.8) is 0 Å². The third-order valence-corrected chi connectivity index (χ3v) is 5.68. The Morgan fingerprint density at radius 2 is 1.92 bits per heavy atom. The van der Waals surface area contributed by atoms with Crippen molar-refractivity contribution in [1.29, 1.82) is 0 Å². The van der Waals surface area contributed by atoms with E-state index in [1.165, 1.54) is 32.2 Å². The Hall–Kier alpha value is -0.970. The molecule has 146 valence electrons. The van der Waals surface area contributed by atoms with Crippen LogP contribution in [0.15, 0.2) is 24.3 Å². The van der Waals surface area contributed by atoms with Crippen molar-refractivity contribution >= 4 is 0 Å². The van der Waals surface area contributed by atoms with E-state index >= 15 is 0 Å². The summed E-state index contributed by atoms with van der Waals surface area (Å²) >= 11 is 0. The molecule has 3 rings (SSSR count). The molecule has 0 spiro atoms. The molecule has 1 aromatic carbocycles. The van der Waals surface area contributed by atoms with Crippen LogP contribution in [0.2, 0.25) is 0 Å². The molecular formula is C22H35FN2O. The summed E-state index contributed by atoms with van der Waals surface area (Å²) in [6.07, 6.45) is 5.31. The van der Waals surface area contributed by atoms with E-state index in [9.17, 15) is 4.39 Å². The first kappa shape index (κ1) is 19.8. The predicted molar refractivity (Wildman–Crippen MR) is 105 cm³/mol. The smallest absolute Gasteiger partial charge is 0.127 e. The molecule has 1 unspecified atom stereocenters. The molecule has 2 aliphatic rings. The molecule has 3 nitrogen and oxygen atoms in total. The summed E-state index contributed by atoms with van der Waals surface area (Å²) in [5.41, 5.74) is 0.825. The van der Waals surface area contributed by atoms with Crippen LogP contribution in [0.3, 0.4) is 0 Å². The number of hydrogen-bond acceptors (Lipinski definition) is 3. The number of nitrogens with zero attached hydrogens (tertiary/aromatic N) is 2. The van der Waals surface area contributed by atoms with E-state index < -0.39 is 0 Å². The van der Waals surface area contributed by atoms with Crippen LogP contribution in [0.1, 0.15) is 45.1 Å². The molecule has 2 saturated heterocycles. The number of halogens is 1. The van der Waals surface area contributed by atoms with Crippen molar-refractivity contribution in [2.24, 2.45) is 11.8 Å². The second-order valence-electron chi connectivity index (χ2n) is 8.56. The first-order chi connectivity index (χ1) is 12.6. The van der Waals surface area contributed by atoms with Gasteiger partial charge in [0.25, 0.3) is 0 Å². The molecule has 1 atom stereocenters. The Morgan fingerprint density at radius 1 is 1.15 bits per heavy atom. The van der Waals surface area contributed by atoms with E-state index in [0.717, 1.165) is 50.8 Å². The lowest BCUT2D eigenvalue weighted by Crippen LogP contribution is -2.42. The number of rotatable bonds is 8. The maximum atomic E-state index is 13.9. The molecule has 0 bridgehead atoms. The summed E-state index contributed by atoms with van der Waals surface area (Å²) in [6.45, 7) is 11.9. The zero-order valence-electron chi connectivity index (χ0n) is 16.5. The standard InChI is InChI=1S/C22H35FN2O/c1-18(2)14-25(17-21-7-5-13-26-21)15-19-9-11-24(12-10-19)16-20-6-3-4-8-22(20)23/h3-4,6,8,18-19,21H,5,7,9-17H2,1-2H3. The number of piperidine rings is 1. The van der Waals surface area contributed by atoms with E-state index in [4.69, 9.17) is 4.74 Å². The molecule has 0 N–H and O–H groups in total. The normalized spacial score (nSPS) is 22.6. The molecule has 0 amide bonds. The summed E-state index contributed by atoms with van der Waals surface area (Å²) in [4.78, 5) is 5.04. The van der Waals surface area contributed by atoms with Crippen LogP contribution < -0.4 is 0 Å². The largest absolute Gasteiger partial charge is 0.377 e. The SMILES string of the molecule is CC(C)CN(CC1CCN(Cc2ccccc2F)CC1)CC1CCCO1. The summed E-state index contributed by atoms with van der Waals surface area (Å²) in [5, 5.41) is 0. The average Bonchev–Trinajstić information content (AvgIpc) is 3.11. The average molecular weight is 363 g/mol. The van der Waals surface area contributed by atoms with Gasteiger partial charge in [-0.25, -0.2) is 4.39 Å². The van der Waals surface area contributed by atoms with Crippen molar-refractivity contribution in [1.82, 2.24) is 9.80 Å². The van der Waals surface area contributed by atoms with Gasteiger partial charge < -0.3 is 9.64 Å². The molecular weight excluding hydrogens is 327 g/mol. The van der Waals surface area contributed by atoms with Crippen LogP contribution in [-0.4, -0.2) is 55.2 Å². The zero-order valence-corrected chi connectivity index (χ0v) is 16.5. The molecule has 2 fully saturated rings. The summed E-state index contributed by atoms with van der Waals surface area (Å²) in [7, 11) is 0. The van der Waals surface area contributed by atoms with Crippen molar-refractivity contribution < 1.29 is 9.13 Å². The Morgan fingerprint density at radius 3 is 2.58 bits per heavy atom. The highest BCUT2D eigenvalue weighted by atomic mass is 19.1. The molecule has 26 heavy (non-hydrogen) atoms. The fraction of sp³-hybridized carbons (Fsp3) is 0.727. The second-order valence-corrected chi connectivity index (χ2v) is 8.56. The van der Waals surface area contributed by atoms with Crippen molar-refractivity contribution in [3.8, 4) is 0 Å². The molecule has 1 aromatic rings. The van der Waals surface area contributed by atoms with Crippen molar-refractivity contribution in [2.45, 2.75) is 52.2 Å². The Bertz CT molecular complexity index is 537. The van der Waals surface area contributed by atoms with Gasteiger partial charge in [-0.1, -0.05) is 32.0 Å². The molecule has 0 saturated carbocycles. The third kappa shape index (κ3) is 6.04. The summed E-state index contributed by atoms with van der Waals surface area (Å²) in [5.74, 6) is 1.37. The maximum Gasteiger partial charge on any atom is 0.127 e. The summed E-state index contributed by atoms with van der Waals surface area (Å²) in [6, 6.07) is 7.17. The van der Waals surface area contributed by atoms with E-state index in [2.05, 4.69) is 23.6 Å². The van der Waals surface area contributed by atoms with Gasteiger partial charge in [0, 0.05) is 38.3 Å². The van der Waals surface area contributed by atoms with E-state index in [0.29, 0.717) is 12.0 Å². The lowest BCUT2D eigenvalue weighted by molar-refractivity contribution is 0.0555. The van der Waals surface area contributed by atoms with Crippen LogP contribution >= 0.6 is 0 Å². The van der Waals surface area contributed by atoms with E-state index in [-0.39, 0.29) is 5.82 Å². The highest BCUT2D eigenvalue weighted by Gasteiger charge is 2.25. The van der Waals surface area contributed by atoms with Crippen LogP contribution in [0, 0.1) is 17.7 Å². The number of ether oxygens (including phenoxy) is 1. The highest BCUT2D eigenvalue weighted by Crippen LogP contribution is 2.22. The zero-order chi connectivity index (χ0) is 18.4. The van der Waals surface area contributed by atoms with Crippen LogP contribution in [0.5, 0.6) is 0 Å². The number of benzene rings is 1. The van der Waals surface area contributed by atoms with E-state index in [1.807, 2.05) is 12.1 Å². The molecule has 0 radical (unpaired) electrons. The van der Waals surface area contributed by atoms with Crippen LogP contribution in [0.4, 0.5) is 4.39 Å². The predicted octanol–water partition coefficient (Wildman–Crippen LogP) is 4.17. The van der Waals surface area contributed by atoms with Gasteiger partial charge in [0.05, 0.1) is 6.10 Å². The summed E-state index contributed by atoms with van der Waals surface area (Å²) < 4.78 is 19.7. The Labute approximate surface area is 158 Å². The van der Waals surface area contributed by atoms with Gasteiger partial charge in [-0.15, -0.1) is 0 Å². The quantitative estimate of drug-likeness (QED) is 0.690. The Kier molecular flexibility index (Phi) is 7.47. The minimum Gasteiger partial charge on any atom is -0.377 e. The van der Waals surface area contributed by atoms with Gasteiger partial charge in [-0.3, -0.25) is 4.90 Å². The fourth-order valence-corrected chi connectivity index (χ4v) is 4.38. The van der Waals surface area contributed by atoms with Crippen molar-refractivity contribution in [2.75, 3.05) is 39.3 Å². The lowest BCUT2D eigenvalue weighted by Gasteiger charge is -2.36. The monoisotopic (exact) mass is 362 g/mol. The molecule has 2 heterocycles. The van der Waals surface area contributed by atoms with Gasteiger partial charge in [-0.05, 0) is 56.7 Å². The van der Waals surface area contributed by atoms with Gasteiger partial charge in [0.2, 0.25) is 0 Å². The molecule has 2 aliphatic heterocycles. The van der Waals surface area contributed by atoms with Crippen LogP contribution in [-0.2, 0) is 11.3 Å². The minimum absolute atomic E-state index is 0.0747. The van der Waals surface area contributed by atoms with Crippen LogP contribution in [0.25, 0.3) is 0 Å². The molecule has 0 aromatic heterocycles. The minimum atomic E-state index is -0.0747. The second kappa shape index (κ2) is 9.82. The highest BCUT2D eigenvalue weighted by molar-refractivity contribution is 5.17. The maximum absolute atomic E-state index is 13.9. The number of hydrogen-bond donors (Lipinski definition) is 0. The lowest BCUT2D eigenvalue weighted by atomic mass is 9.95. The van der Waals surface area contributed by atoms with Crippen molar-refractivity contribution in [3.05, 3.63) is 35.6 Å². The first-order valence-electron chi connectivity index (χ1n) is 10.4. The topological polar surface area (TPSA) is 15.7 Å². The van der Waals surface area contributed by atoms with Gasteiger partial charge in [0.1, 0.15) is 5.82 Å². The van der Waals surface area contributed by atoms with Gasteiger partial charge >= 0.3 is 0 Å². The Balaban J connectivity index is 1.45. The fourth-order valence-electron chi connectivity index (χ4n) is 4.38. The molecule has 4 heteroatoms. The first-order valence-corrected chi connectivity index (χ1v) is 10.4. The van der Waals surface area contributed by atoms with Gasteiger partial charge in [0.15, 0.2) is 0 Å². The molecule has 0 aliphatic carbocycles. The third-order valence-electron chi connectivity index (χ3n) is 5.68. The van der Waals surface area contributed by atoms with E-state index in [1.54, 1.807) is 12.1 Å². The number of likely N-dealkylation sites (tertiary alicyclic amines) is 1. The van der Waals surface area contributed by atoms with Gasteiger partial charge in [-0.2, -0.15) is 0 Å².